The van der Waals surface area contributed by atoms with Crippen molar-refractivity contribution in [2.24, 2.45) is 0 Å². The number of carbonyl (C=O) groups excluding carboxylic acids is 1. The third-order valence-electron chi connectivity index (χ3n) is 3.92. The number of nitrogens with one attached hydrogen (secondary N) is 1. The van der Waals surface area contributed by atoms with E-state index in [1.54, 1.807) is 13.2 Å². The normalized spacial score (nSPS) is 10.6. The van der Waals surface area contributed by atoms with E-state index < -0.39 is 0 Å². The molecule has 7 nitrogen and oxygen atoms in total. The highest BCUT2D eigenvalue weighted by Crippen LogP contribution is 2.30. The average molecular weight is 367 g/mol. The molecule has 1 aromatic heterocycles. The maximum Gasteiger partial charge on any atom is 0.262 e. The highest BCUT2D eigenvalue weighted by Gasteiger charge is 2.16. The molecule has 0 aliphatic rings. The van der Waals surface area contributed by atoms with Crippen molar-refractivity contribution in [2.75, 3.05) is 26.9 Å². The lowest BCUT2D eigenvalue weighted by Crippen LogP contribution is -2.31. The lowest BCUT2D eigenvalue weighted by atomic mass is 10.1. The zero-order chi connectivity index (χ0) is 19.1. The van der Waals surface area contributed by atoms with E-state index >= 15 is 0 Å². The van der Waals surface area contributed by atoms with Crippen LogP contribution in [0, 0.1) is 6.92 Å². The van der Waals surface area contributed by atoms with E-state index in [-0.39, 0.29) is 12.5 Å². The van der Waals surface area contributed by atoms with Gasteiger partial charge in [0.15, 0.2) is 6.61 Å². The minimum atomic E-state index is -0.229. The number of aryl methyl sites for hydroxylation is 1. The first kappa shape index (κ1) is 18.6. The molecular formula is C20H21N3O4. The van der Waals surface area contributed by atoms with E-state index in [1.165, 1.54) is 0 Å². The summed E-state index contributed by atoms with van der Waals surface area (Å²) in [6, 6.07) is 15.1. The van der Waals surface area contributed by atoms with Gasteiger partial charge in [-0.15, -0.1) is 0 Å². The number of methoxy groups -OCH3 is 1. The Hall–Kier alpha value is -3.19. The summed E-state index contributed by atoms with van der Waals surface area (Å²) >= 11 is 0. The first-order chi connectivity index (χ1) is 13.2. The van der Waals surface area contributed by atoms with Crippen molar-refractivity contribution < 1.29 is 18.8 Å². The van der Waals surface area contributed by atoms with Gasteiger partial charge >= 0.3 is 0 Å². The van der Waals surface area contributed by atoms with Crippen molar-refractivity contribution in [1.82, 2.24) is 15.5 Å². The molecule has 0 aliphatic heterocycles. The number of para-hydroxylation sites is 1. The first-order valence-electron chi connectivity index (χ1n) is 8.56. The summed E-state index contributed by atoms with van der Waals surface area (Å²) in [4.78, 5) is 16.3. The first-order valence-corrected chi connectivity index (χ1v) is 8.56. The molecule has 0 saturated heterocycles. The lowest BCUT2D eigenvalue weighted by molar-refractivity contribution is -0.123. The van der Waals surface area contributed by atoms with Crippen molar-refractivity contribution in [1.29, 1.82) is 0 Å². The monoisotopic (exact) mass is 367 g/mol. The predicted octanol–water partition coefficient (Wildman–Crippen LogP) is 2.85. The molecule has 0 aliphatic carbocycles. The van der Waals surface area contributed by atoms with Crippen LogP contribution in [-0.4, -0.2) is 42.9 Å². The fourth-order valence-corrected chi connectivity index (χ4v) is 2.52. The van der Waals surface area contributed by atoms with Gasteiger partial charge in [-0.05, 0) is 24.6 Å². The molecule has 0 radical (unpaired) electrons. The van der Waals surface area contributed by atoms with E-state index in [4.69, 9.17) is 14.0 Å². The zero-order valence-corrected chi connectivity index (χ0v) is 15.3. The zero-order valence-electron chi connectivity index (χ0n) is 15.3. The number of hydrogen-bond acceptors (Lipinski definition) is 6. The Morgan fingerprint density at radius 3 is 2.63 bits per heavy atom. The van der Waals surface area contributed by atoms with E-state index in [9.17, 15) is 4.79 Å². The molecule has 27 heavy (non-hydrogen) atoms. The average Bonchev–Trinajstić information content (AvgIpc) is 3.17. The molecule has 0 unspecified atom stereocenters. The van der Waals surface area contributed by atoms with Crippen LogP contribution >= 0.6 is 0 Å². The van der Waals surface area contributed by atoms with Crippen LogP contribution in [0.1, 0.15) is 5.56 Å². The van der Waals surface area contributed by atoms with Gasteiger partial charge in [0.2, 0.25) is 5.82 Å². The third kappa shape index (κ3) is 4.71. The molecule has 3 aromatic rings. The van der Waals surface area contributed by atoms with E-state index in [2.05, 4.69) is 15.5 Å². The van der Waals surface area contributed by atoms with Gasteiger partial charge in [0.05, 0.1) is 12.2 Å². The number of aromatic nitrogens is 2. The van der Waals surface area contributed by atoms with Crippen LogP contribution in [0.5, 0.6) is 5.75 Å². The van der Waals surface area contributed by atoms with Crippen LogP contribution in [0.4, 0.5) is 0 Å². The molecule has 0 bridgehead atoms. The Morgan fingerprint density at radius 2 is 1.85 bits per heavy atom. The van der Waals surface area contributed by atoms with Gasteiger partial charge in [-0.3, -0.25) is 4.79 Å². The molecule has 3 rings (SSSR count). The summed E-state index contributed by atoms with van der Waals surface area (Å²) in [5, 5.41) is 6.78. The van der Waals surface area contributed by atoms with Crippen LogP contribution in [0.15, 0.2) is 53.1 Å². The molecule has 2 aromatic carbocycles. The molecule has 140 valence electrons. The van der Waals surface area contributed by atoms with Gasteiger partial charge in [0, 0.05) is 19.2 Å². The summed E-state index contributed by atoms with van der Waals surface area (Å²) < 4.78 is 16.0. The molecule has 0 spiro atoms. The maximum absolute atomic E-state index is 11.8. The Labute approximate surface area is 157 Å². The van der Waals surface area contributed by atoms with Crippen LogP contribution in [0.25, 0.3) is 22.8 Å². The van der Waals surface area contributed by atoms with Crippen molar-refractivity contribution in [3.05, 3.63) is 54.1 Å². The minimum Gasteiger partial charge on any atom is -0.483 e. The highest BCUT2D eigenvalue weighted by atomic mass is 16.5. The summed E-state index contributed by atoms with van der Waals surface area (Å²) in [5.41, 5.74) is 2.60. The van der Waals surface area contributed by atoms with Crippen molar-refractivity contribution in [3.8, 4) is 28.6 Å². The Bertz CT molecular complexity index is 908. The number of hydrogen-bond donors (Lipinski definition) is 1. The van der Waals surface area contributed by atoms with Crippen LogP contribution in [-0.2, 0) is 9.53 Å². The second-order valence-electron chi connectivity index (χ2n) is 5.87. The Kier molecular flexibility index (Phi) is 6.17. The predicted molar refractivity (Wildman–Crippen MR) is 100 cm³/mol. The molecule has 1 heterocycles. The molecule has 0 fully saturated rings. The highest BCUT2D eigenvalue weighted by molar-refractivity contribution is 5.78. The summed E-state index contributed by atoms with van der Waals surface area (Å²) in [6.45, 7) is 2.76. The number of benzene rings is 2. The van der Waals surface area contributed by atoms with Gasteiger partial charge in [-0.25, -0.2) is 0 Å². The van der Waals surface area contributed by atoms with E-state index in [0.29, 0.717) is 36.2 Å². The Morgan fingerprint density at radius 1 is 1.11 bits per heavy atom. The van der Waals surface area contributed by atoms with E-state index in [1.807, 2.05) is 49.4 Å². The van der Waals surface area contributed by atoms with E-state index in [0.717, 1.165) is 11.1 Å². The van der Waals surface area contributed by atoms with Gasteiger partial charge < -0.3 is 19.3 Å². The maximum atomic E-state index is 11.8. The number of amides is 1. The van der Waals surface area contributed by atoms with Gasteiger partial charge in [-0.2, -0.15) is 4.98 Å². The van der Waals surface area contributed by atoms with Gasteiger partial charge in [0.25, 0.3) is 11.8 Å². The minimum absolute atomic E-state index is 0.112. The van der Waals surface area contributed by atoms with Gasteiger partial charge in [0.1, 0.15) is 5.75 Å². The molecule has 0 saturated carbocycles. The second-order valence-corrected chi connectivity index (χ2v) is 5.87. The standard InChI is InChI=1S/C20H21N3O4/c1-14-7-3-4-8-15(14)19-22-20(27-23-19)16-9-5-6-10-17(16)26-13-18(24)21-11-12-25-2/h3-10H,11-13H2,1-2H3,(H,21,24). The Balaban J connectivity index is 1.75. The summed E-state index contributed by atoms with van der Waals surface area (Å²) in [6.07, 6.45) is 0. The van der Waals surface area contributed by atoms with Crippen LogP contribution < -0.4 is 10.1 Å². The van der Waals surface area contributed by atoms with Crippen molar-refractivity contribution >= 4 is 5.91 Å². The SMILES string of the molecule is COCCNC(=O)COc1ccccc1-c1nc(-c2ccccc2C)no1. The molecule has 0 atom stereocenters. The lowest BCUT2D eigenvalue weighted by Gasteiger charge is -2.09. The molecular weight excluding hydrogens is 346 g/mol. The van der Waals surface area contributed by atoms with Crippen molar-refractivity contribution in [2.45, 2.75) is 6.92 Å². The number of nitrogens with zero attached hydrogens (tertiary/aromatic N) is 2. The largest absolute Gasteiger partial charge is 0.483 e. The number of ether oxygens (including phenoxy) is 2. The van der Waals surface area contributed by atoms with Crippen LogP contribution in [0.3, 0.4) is 0 Å². The van der Waals surface area contributed by atoms with Gasteiger partial charge in [-0.1, -0.05) is 41.6 Å². The second kappa shape index (κ2) is 8.95. The topological polar surface area (TPSA) is 86.5 Å². The quantitative estimate of drug-likeness (QED) is 0.616. The van der Waals surface area contributed by atoms with Crippen LogP contribution in [0.2, 0.25) is 0 Å². The smallest absolute Gasteiger partial charge is 0.262 e. The fraction of sp³-hybridized carbons (Fsp3) is 0.250. The third-order valence-corrected chi connectivity index (χ3v) is 3.92. The fourth-order valence-electron chi connectivity index (χ4n) is 2.52. The molecule has 1 N–H and O–H groups in total. The number of rotatable bonds is 8. The molecule has 1 amide bonds. The number of carbonyl (C=O) groups is 1. The summed E-state index contributed by atoms with van der Waals surface area (Å²) in [7, 11) is 1.58. The molecule has 7 heteroatoms. The summed E-state index contributed by atoms with van der Waals surface area (Å²) in [5.74, 6) is 1.12. The van der Waals surface area contributed by atoms with Crippen molar-refractivity contribution in [3.63, 3.8) is 0 Å².